The van der Waals surface area contributed by atoms with Crippen molar-refractivity contribution in [1.82, 2.24) is 9.97 Å². The second kappa shape index (κ2) is 7.06. The highest BCUT2D eigenvalue weighted by Gasteiger charge is 2.33. The van der Waals surface area contributed by atoms with E-state index in [9.17, 15) is 13.2 Å². The second-order valence-electron chi connectivity index (χ2n) is 5.61. The molecule has 3 nitrogen and oxygen atoms in total. The van der Waals surface area contributed by atoms with Gasteiger partial charge in [0.05, 0.1) is 27.9 Å². The Bertz CT molecular complexity index is 712. The molecule has 0 amide bonds. The molecule has 2 aromatic heterocycles. The molecule has 0 bridgehead atoms. The fraction of sp³-hybridized carbons (Fsp3) is 0.467. The summed E-state index contributed by atoms with van der Waals surface area (Å²) in [4.78, 5) is 10.6. The van der Waals surface area contributed by atoms with Crippen LogP contribution in [0.4, 0.5) is 18.3 Å². The van der Waals surface area contributed by atoms with Crippen LogP contribution < -0.4 is 4.90 Å². The van der Waals surface area contributed by atoms with E-state index in [4.69, 9.17) is 23.2 Å². The van der Waals surface area contributed by atoms with Crippen LogP contribution in [0.1, 0.15) is 35.7 Å². The van der Waals surface area contributed by atoms with E-state index in [0.717, 1.165) is 49.0 Å². The van der Waals surface area contributed by atoms with Gasteiger partial charge in [-0.25, -0.2) is 4.98 Å². The van der Waals surface area contributed by atoms with Crippen molar-refractivity contribution < 1.29 is 13.2 Å². The van der Waals surface area contributed by atoms with E-state index < -0.39 is 11.7 Å². The number of thiazole rings is 1. The molecular weight excluding hydrogens is 382 g/mol. The van der Waals surface area contributed by atoms with Crippen LogP contribution in [-0.2, 0) is 12.1 Å². The SMILES string of the molecule is FC(F)(F)c1cnc(C2CCN(c3nc(CCl)cs3)CC2)c(Cl)c1. The molecule has 1 aliphatic rings. The fourth-order valence-electron chi connectivity index (χ4n) is 2.75. The number of piperidine rings is 1. The molecular formula is C15H14Cl2F3N3S. The average molecular weight is 396 g/mol. The van der Waals surface area contributed by atoms with Crippen molar-refractivity contribution in [2.75, 3.05) is 18.0 Å². The highest BCUT2D eigenvalue weighted by molar-refractivity contribution is 7.13. The summed E-state index contributed by atoms with van der Waals surface area (Å²) >= 11 is 13.4. The molecule has 0 N–H and O–H groups in total. The number of alkyl halides is 4. The van der Waals surface area contributed by atoms with Gasteiger partial charge in [0.25, 0.3) is 0 Å². The first-order valence-electron chi connectivity index (χ1n) is 7.36. The summed E-state index contributed by atoms with van der Waals surface area (Å²) in [5.74, 6) is 0.446. The first kappa shape index (κ1) is 17.8. The Hall–Kier alpha value is -1.05. The number of hydrogen-bond donors (Lipinski definition) is 0. The van der Waals surface area contributed by atoms with Gasteiger partial charge in [0, 0.05) is 30.6 Å². The highest BCUT2D eigenvalue weighted by Crippen LogP contribution is 2.37. The van der Waals surface area contributed by atoms with E-state index in [1.165, 1.54) is 0 Å². The van der Waals surface area contributed by atoms with Gasteiger partial charge >= 0.3 is 6.18 Å². The molecule has 0 saturated carbocycles. The molecule has 1 aliphatic heterocycles. The molecule has 3 rings (SSSR count). The summed E-state index contributed by atoms with van der Waals surface area (Å²) in [7, 11) is 0. The summed E-state index contributed by atoms with van der Waals surface area (Å²) < 4.78 is 38.1. The lowest BCUT2D eigenvalue weighted by atomic mass is 9.93. The number of hydrogen-bond acceptors (Lipinski definition) is 4. The van der Waals surface area contributed by atoms with Gasteiger partial charge in [0.2, 0.25) is 0 Å². The van der Waals surface area contributed by atoms with E-state index in [0.29, 0.717) is 11.6 Å². The molecule has 0 aliphatic carbocycles. The first-order valence-corrected chi connectivity index (χ1v) is 9.15. The molecule has 0 spiro atoms. The Morgan fingerprint density at radius 2 is 2.00 bits per heavy atom. The Labute approximate surface area is 151 Å². The molecule has 130 valence electrons. The maximum Gasteiger partial charge on any atom is 0.417 e. The minimum atomic E-state index is -4.43. The molecule has 3 heterocycles. The number of halogens is 5. The normalized spacial score (nSPS) is 16.6. The quantitative estimate of drug-likeness (QED) is 0.657. The van der Waals surface area contributed by atoms with Crippen molar-refractivity contribution in [3.63, 3.8) is 0 Å². The molecule has 0 unspecified atom stereocenters. The zero-order valence-corrected chi connectivity index (χ0v) is 14.8. The van der Waals surface area contributed by atoms with Crippen molar-refractivity contribution in [2.24, 2.45) is 0 Å². The van der Waals surface area contributed by atoms with Crippen LogP contribution >= 0.6 is 34.5 Å². The van der Waals surface area contributed by atoms with Crippen LogP contribution in [0.15, 0.2) is 17.6 Å². The summed E-state index contributed by atoms with van der Waals surface area (Å²) in [5.41, 5.74) is 0.584. The van der Waals surface area contributed by atoms with Crippen LogP contribution in [0, 0.1) is 0 Å². The van der Waals surface area contributed by atoms with Crippen molar-refractivity contribution in [2.45, 2.75) is 30.8 Å². The third-order valence-electron chi connectivity index (χ3n) is 4.03. The molecule has 9 heteroatoms. The first-order chi connectivity index (χ1) is 11.4. The average Bonchev–Trinajstić information content (AvgIpc) is 3.03. The van der Waals surface area contributed by atoms with Gasteiger partial charge in [0.1, 0.15) is 0 Å². The van der Waals surface area contributed by atoms with Gasteiger partial charge in [-0.05, 0) is 18.9 Å². The molecule has 0 atom stereocenters. The van der Waals surface area contributed by atoms with Gasteiger partial charge in [0.15, 0.2) is 5.13 Å². The fourth-order valence-corrected chi connectivity index (χ4v) is 4.18. The lowest BCUT2D eigenvalue weighted by Crippen LogP contribution is -2.33. The van der Waals surface area contributed by atoms with Gasteiger partial charge in [-0.2, -0.15) is 13.2 Å². The molecule has 1 fully saturated rings. The van der Waals surface area contributed by atoms with Crippen molar-refractivity contribution >= 4 is 39.7 Å². The van der Waals surface area contributed by atoms with Gasteiger partial charge in [-0.15, -0.1) is 22.9 Å². The van der Waals surface area contributed by atoms with Crippen LogP contribution in [0.5, 0.6) is 0 Å². The molecule has 1 saturated heterocycles. The van der Waals surface area contributed by atoms with E-state index in [1.807, 2.05) is 5.38 Å². The Morgan fingerprint density at radius 3 is 2.54 bits per heavy atom. The summed E-state index contributed by atoms with van der Waals surface area (Å²) in [6, 6.07) is 0.962. The summed E-state index contributed by atoms with van der Waals surface area (Å²) in [6.45, 7) is 1.53. The predicted molar refractivity (Wildman–Crippen MR) is 90.1 cm³/mol. The smallest absolute Gasteiger partial charge is 0.348 e. The molecule has 0 radical (unpaired) electrons. The third-order valence-corrected chi connectivity index (χ3v) is 5.55. The summed E-state index contributed by atoms with van der Waals surface area (Å²) in [6.07, 6.45) is -2.02. The maximum atomic E-state index is 12.7. The van der Waals surface area contributed by atoms with E-state index in [2.05, 4.69) is 14.9 Å². The lowest BCUT2D eigenvalue weighted by molar-refractivity contribution is -0.137. The van der Waals surface area contributed by atoms with E-state index in [1.54, 1.807) is 11.3 Å². The minimum Gasteiger partial charge on any atom is -0.348 e. The lowest BCUT2D eigenvalue weighted by Gasteiger charge is -2.31. The van der Waals surface area contributed by atoms with Crippen LogP contribution in [-0.4, -0.2) is 23.1 Å². The van der Waals surface area contributed by atoms with Gasteiger partial charge in [-0.3, -0.25) is 4.98 Å². The van der Waals surface area contributed by atoms with Crippen LogP contribution in [0.25, 0.3) is 0 Å². The predicted octanol–water partition coefficient (Wildman–Crippen LogP) is 5.33. The number of nitrogens with zero attached hydrogens (tertiary/aromatic N) is 3. The zero-order chi connectivity index (χ0) is 17.3. The third kappa shape index (κ3) is 3.78. The van der Waals surface area contributed by atoms with Crippen molar-refractivity contribution in [1.29, 1.82) is 0 Å². The Balaban J connectivity index is 1.68. The Kier molecular flexibility index (Phi) is 5.22. The highest BCUT2D eigenvalue weighted by atomic mass is 35.5. The minimum absolute atomic E-state index is 0.0588. The van der Waals surface area contributed by atoms with Crippen molar-refractivity contribution in [3.05, 3.63) is 39.6 Å². The molecule has 24 heavy (non-hydrogen) atoms. The van der Waals surface area contributed by atoms with E-state index >= 15 is 0 Å². The monoisotopic (exact) mass is 395 g/mol. The topological polar surface area (TPSA) is 29.0 Å². The molecule has 2 aromatic rings. The van der Waals surface area contributed by atoms with Gasteiger partial charge in [-0.1, -0.05) is 11.6 Å². The zero-order valence-electron chi connectivity index (χ0n) is 12.5. The largest absolute Gasteiger partial charge is 0.417 e. The number of anilines is 1. The number of aromatic nitrogens is 2. The molecule has 0 aromatic carbocycles. The summed E-state index contributed by atoms with van der Waals surface area (Å²) in [5, 5.41) is 2.94. The number of rotatable bonds is 3. The van der Waals surface area contributed by atoms with Crippen LogP contribution in [0.2, 0.25) is 5.02 Å². The number of pyridine rings is 1. The van der Waals surface area contributed by atoms with Crippen molar-refractivity contribution in [3.8, 4) is 0 Å². The van der Waals surface area contributed by atoms with Gasteiger partial charge < -0.3 is 4.90 Å². The standard InChI is InChI=1S/C15H14Cl2F3N3S/c16-6-11-8-24-14(22-11)23-3-1-9(2-4-23)13-12(17)5-10(7-21-13)15(18,19)20/h5,7-9H,1-4,6H2. The maximum absolute atomic E-state index is 12.7. The van der Waals surface area contributed by atoms with Crippen LogP contribution in [0.3, 0.4) is 0 Å². The van der Waals surface area contributed by atoms with E-state index in [-0.39, 0.29) is 10.9 Å². The Morgan fingerprint density at radius 1 is 1.29 bits per heavy atom. The second-order valence-corrected chi connectivity index (χ2v) is 7.12.